The maximum atomic E-state index is 13.0. The van der Waals surface area contributed by atoms with Gasteiger partial charge < -0.3 is 15.2 Å². The van der Waals surface area contributed by atoms with Crippen LogP contribution in [0.5, 0.6) is 0 Å². The van der Waals surface area contributed by atoms with Crippen molar-refractivity contribution in [3.05, 3.63) is 87.7 Å². The molecule has 5 rings (SSSR count). The molecule has 1 aliphatic rings. The molecule has 0 radical (unpaired) electrons. The Kier molecular flexibility index (Phi) is 5.53. The Morgan fingerprint density at radius 1 is 1.16 bits per heavy atom. The molecule has 162 valence electrons. The van der Waals surface area contributed by atoms with Gasteiger partial charge in [0.05, 0.1) is 0 Å². The molecule has 1 aliphatic heterocycles. The first-order valence-corrected chi connectivity index (χ1v) is 11.8. The molecule has 2 N–H and O–H groups in total. The molecule has 2 aromatic carbocycles. The SMILES string of the molecule is CCC(=O)N1CCc2cc(C(=O)NCC(c3cccs3)c3c[nH]c4ccccc34)ccc21. The highest BCUT2D eigenvalue weighted by molar-refractivity contribution is 7.10. The Morgan fingerprint density at radius 2 is 2.03 bits per heavy atom. The molecule has 1 unspecified atom stereocenters. The van der Waals surface area contributed by atoms with E-state index in [1.54, 1.807) is 11.3 Å². The number of rotatable bonds is 6. The van der Waals surface area contributed by atoms with E-state index in [2.05, 4.69) is 40.1 Å². The summed E-state index contributed by atoms with van der Waals surface area (Å²) < 4.78 is 0. The second kappa shape index (κ2) is 8.63. The lowest BCUT2D eigenvalue weighted by molar-refractivity contribution is -0.118. The lowest BCUT2D eigenvalue weighted by Gasteiger charge is -2.18. The number of thiophene rings is 1. The predicted molar refractivity (Wildman–Crippen MR) is 130 cm³/mol. The molecular weight excluding hydrogens is 418 g/mol. The lowest BCUT2D eigenvalue weighted by Crippen LogP contribution is -2.29. The van der Waals surface area contributed by atoms with Crippen molar-refractivity contribution in [3.63, 3.8) is 0 Å². The van der Waals surface area contributed by atoms with Crippen LogP contribution in [0, 0.1) is 0 Å². The minimum Gasteiger partial charge on any atom is -0.361 e. The number of amides is 2. The van der Waals surface area contributed by atoms with Crippen molar-refractivity contribution in [2.24, 2.45) is 0 Å². The quantitative estimate of drug-likeness (QED) is 0.436. The standard InChI is InChI=1S/C26H25N3O2S/c1-2-25(30)29-12-11-17-14-18(9-10-23(17)29)26(31)28-16-21(24-8-5-13-32-24)20-15-27-22-7-4-3-6-19(20)22/h3-10,13-15,21,27H,2,11-12,16H2,1H3,(H,28,31). The predicted octanol–water partition coefficient (Wildman–Crippen LogP) is 5.09. The van der Waals surface area contributed by atoms with E-state index in [-0.39, 0.29) is 17.7 Å². The fraction of sp³-hybridized carbons (Fsp3) is 0.231. The third-order valence-corrected chi connectivity index (χ3v) is 7.18. The molecule has 2 amide bonds. The van der Waals surface area contributed by atoms with Crippen molar-refractivity contribution in [2.75, 3.05) is 18.0 Å². The Hall–Kier alpha value is -3.38. The summed E-state index contributed by atoms with van der Waals surface area (Å²) in [5.41, 5.74) is 4.92. The van der Waals surface area contributed by atoms with Crippen molar-refractivity contribution in [2.45, 2.75) is 25.7 Å². The van der Waals surface area contributed by atoms with Gasteiger partial charge in [0.25, 0.3) is 5.91 Å². The van der Waals surface area contributed by atoms with Crippen molar-refractivity contribution >= 4 is 39.7 Å². The lowest BCUT2D eigenvalue weighted by atomic mass is 9.96. The largest absolute Gasteiger partial charge is 0.361 e. The zero-order chi connectivity index (χ0) is 22.1. The molecule has 0 saturated carbocycles. The second-order valence-corrected chi connectivity index (χ2v) is 9.04. The molecule has 0 fully saturated rings. The van der Waals surface area contributed by atoms with Crippen LogP contribution in [0.3, 0.4) is 0 Å². The highest BCUT2D eigenvalue weighted by Gasteiger charge is 2.25. The van der Waals surface area contributed by atoms with Crippen LogP contribution in [0.25, 0.3) is 10.9 Å². The van der Waals surface area contributed by atoms with Crippen LogP contribution in [0.4, 0.5) is 5.69 Å². The third kappa shape index (κ3) is 3.71. The number of nitrogens with one attached hydrogen (secondary N) is 2. The molecular formula is C26H25N3O2S. The van der Waals surface area contributed by atoms with E-state index in [1.165, 1.54) is 15.8 Å². The van der Waals surface area contributed by atoms with E-state index in [9.17, 15) is 9.59 Å². The Bertz CT molecular complexity index is 1280. The zero-order valence-corrected chi connectivity index (χ0v) is 18.7. The van der Waals surface area contributed by atoms with Crippen molar-refractivity contribution in [1.82, 2.24) is 10.3 Å². The number of nitrogens with zero attached hydrogens (tertiary/aromatic N) is 1. The number of carbonyl (C=O) groups is 2. The van der Waals surface area contributed by atoms with Gasteiger partial charge in [-0.1, -0.05) is 31.2 Å². The van der Waals surface area contributed by atoms with Crippen LogP contribution in [0.15, 0.2) is 66.2 Å². The fourth-order valence-corrected chi connectivity index (χ4v) is 5.37. The van der Waals surface area contributed by atoms with Crippen LogP contribution in [0.2, 0.25) is 0 Å². The summed E-state index contributed by atoms with van der Waals surface area (Å²) >= 11 is 1.70. The maximum Gasteiger partial charge on any atom is 0.251 e. The summed E-state index contributed by atoms with van der Waals surface area (Å²) in [7, 11) is 0. The average Bonchev–Trinajstić information content (AvgIpc) is 3.58. The van der Waals surface area contributed by atoms with E-state index in [1.807, 2.05) is 48.2 Å². The molecule has 0 bridgehead atoms. The average molecular weight is 444 g/mol. The number of hydrogen-bond donors (Lipinski definition) is 2. The van der Waals surface area contributed by atoms with Gasteiger partial charge >= 0.3 is 0 Å². The smallest absolute Gasteiger partial charge is 0.251 e. The van der Waals surface area contributed by atoms with Gasteiger partial charge in [0, 0.05) is 58.7 Å². The molecule has 4 aromatic rings. The van der Waals surface area contributed by atoms with E-state index < -0.39 is 0 Å². The first-order valence-electron chi connectivity index (χ1n) is 11.0. The molecule has 5 nitrogen and oxygen atoms in total. The number of fused-ring (bicyclic) bond motifs is 2. The van der Waals surface area contributed by atoms with E-state index >= 15 is 0 Å². The number of para-hydroxylation sites is 1. The molecule has 32 heavy (non-hydrogen) atoms. The number of aromatic amines is 1. The second-order valence-electron chi connectivity index (χ2n) is 8.06. The molecule has 0 aliphatic carbocycles. The first-order chi connectivity index (χ1) is 15.7. The fourth-order valence-electron chi connectivity index (χ4n) is 4.53. The first kappa shape index (κ1) is 20.5. The van der Waals surface area contributed by atoms with Crippen LogP contribution in [-0.4, -0.2) is 29.9 Å². The number of H-pyrrole nitrogens is 1. The van der Waals surface area contributed by atoms with Crippen LogP contribution >= 0.6 is 11.3 Å². The summed E-state index contributed by atoms with van der Waals surface area (Å²) in [6.45, 7) is 3.08. The summed E-state index contributed by atoms with van der Waals surface area (Å²) in [5, 5.41) is 6.40. The minimum absolute atomic E-state index is 0.0715. The van der Waals surface area contributed by atoms with Gasteiger partial charge in [-0.05, 0) is 53.3 Å². The molecule has 0 saturated heterocycles. The van der Waals surface area contributed by atoms with Crippen molar-refractivity contribution in [1.29, 1.82) is 0 Å². The van der Waals surface area contributed by atoms with Gasteiger partial charge in [0.2, 0.25) is 5.91 Å². The van der Waals surface area contributed by atoms with Gasteiger partial charge in [0.1, 0.15) is 0 Å². The highest BCUT2D eigenvalue weighted by atomic mass is 32.1. The molecule has 3 heterocycles. The minimum atomic E-state index is -0.0885. The normalized spacial score (nSPS) is 13.8. The van der Waals surface area contributed by atoms with Crippen molar-refractivity contribution in [3.8, 4) is 0 Å². The number of anilines is 1. The Morgan fingerprint density at radius 3 is 2.84 bits per heavy atom. The summed E-state index contributed by atoms with van der Waals surface area (Å²) in [5.74, 6) is 0.107. The van der Waals surface area contributed by atoms with Gasteiger partial charge in [-0.3, -0.25) is 9.59 Å². The van der Waals surface area contributed by atoms with Gasteiger partial charge in [-0.2, -0.15) is 0 Å². The molecule has 0 spiro atoms. The zero-order valence-electron chi connectivity index (χ0n) is 17.9. The van der Waals surface area contributed by atoms with Crippen molar-refractivity contribution < 1.29 is 9.59 Å². The maximum absolute atomic E-state index is 13.0. The van der Waals surface area contributed by atoms with Crippen LogP contribution < -0.4 is 10.2 Å². The number of hydrogen-bond acceptors (Lipinski definition) is 3. The highest BCUT2D eigenvalue weighted by Crippen LogP contribution is 2.33. The third-order valence-electron chi connectivity index (χ3n) is 6.19. The number of carbonyl (C=O) groups excluding carboxylic acids is 2. The molecule has 6 heteroatoms. The van der Waals surface area contributed by atoms with Gasteiger partial charge in [0.15, 0.2) is 0 Å². The summed E-state index contributed by atoms with van der Waals surface area (Å²) in [6.07, 6.45) is 3.32. The van der Waals surface area contributed by atoms with E-state index in [4.69, 9.17) is 0 Å². The van der Waals surface area contributed by atoms with Gasteiger partial charge in [-0.15, -0.1) is 11.3 Å². The van der Waals surface area contributed by atoms with E-state index in [0.29, 0.717) is 25.1 Å². The Balaban J connectivity index is 1.36. The number of aromatic nitrogens is 1. The molecule has 2 aromatic heterocycles. The Labute approximate surface area is 191 Å². The monoisotopic (exact) mass is 443 g/mol. The summed E-state index contributed by atoms with van der Waals surface area (Å²) in [6, 6.07) is 18.1. The topological polar surface area (TPSA) is 65.2 Å². The van der Waals surface area contributed by atoms with Crippen LogP contribution in [-0.2, 0) is 11.2 Å². The number of benzene rings is 2. The van der Waals surface area contributed by atoms with Gasteiger partial charge in [-0.25, -0.2) is 0 Å². The van der Waals surface area contributed by atoms with E-state index in [0.717, 1.165) is 23.2 Å². The summed E-state index contributed by atoms with van der Waals surface area (Å²) in [4.78, 5) is 31.6. The molecule has 1 atom stereocenters. The van der Waals surface area contributed by atoms with Crippen LogP contribution in [0.1, 0.15) is 45.6 Å².